The predicted octanol–water partition coefficient (Wildman–Crippen LogP) is 6.89. The quantitative estimate of drug-likeness (QED) is 0.202. The molecular formula is C26H44O4. The van der Waals surface area contributed by atoms with E-state index in [1.807, 2.05) is 0 Å². The summed E-state index contributed by atoms with van der Waals surface area (Å²) in [5, 5.41) is 0. The maximum absolute atomic E-state index is 12.0. The first-order valence-electron chi connectivity index (χ1n) is 13.1. The molecule has 0 unspecified atom stereocenters. The third-order valence-corrected chi connectivity index (χ3v) is 7.10. The van der Waals surface area contributed by atoms with E-state index >= 15 is 0 Å². The van der Waals surface area contributed by atoms with Crippen molar-refractivity contribution in [1.82, 2.24) is 0 Å². The molecule has 0 saturated heterocycles. The van der Waals surface area contributed by atoms with Gasteiger partial charge in [-0.15, -0.1) is 0 Å². The van der Waals surface area contributed by atoms with Crippen LogP contribution in [0.5, 0.6) is 0 Å². The topological polar surface area (TPSA) is 52.6 Å². The van der Waals surface area contributed by atoms with E-state index in [9.17, 15) is 9.59 Å². The summed E-state index contributed by atoms with van der Waals surface area (Å²) in [5.41, 5.74) is 0. The van der Waals surface area contributed by atoms with Gasteiger partial charge in [-0.2, -0.15) is 0 Å². The first-order valence-corrected chi connectivity index (χ1v) is 13.1. The summed E-state index contributed by atoms with van der Waals surface area (Å²) in [5.74, 6) is 1.95. The molecule has 30 heavy (non-hydrogen) atoms. The van der Waals surface area contributed by atoms with Crippen LogP contribution in [0.1, 0.15) is 128 Å². The third-order valence-electron chi connectivity index (χ3n) is 7.10. The van der Waals surface area contributed by atoms with E-state index in [2.05, 4.69) is 0 Å². The van der Waals surface area contributed by atoms with Crippen LogP contribution in [-0.2, 0) is 19.1 Å². The number of rotatable bonds is 16. The second-order valence-corrected chi connectivity index (χ2v) is 10.2. The maximum atomic E-state index is 12.0. The lowest BCUT2D eigenvalue weighted by Gasteiger charge is -2.28. The molecule has 0 bridgehead atoms. The summed E-state index contributed by atoms with van der Waals surface area (Å²) in [6, 6.07) is 0. The molecule has 3 saturated carbocycles. The lowest BCUT2D eigenvalue weighted by Crippen LogP contribution is -2.29. The Hall–Kier alpha value is -1.06. The van der Waals surface area contributed by atoms with E-state index in [0.29, 0.717) is 12.8 Å². The summed E-state index contributed by atoms with van der Waals surface area (Å²) in [6.45, 7) is 0. The van der Waals surface area contributed by atoms with Crippen molar-refractivity contribution in [3.63, 3.8) is 0 Å². The minimum atomic E-state index is -0.0423. The molecule has 0 radical (unpaired) electrons. The van der Waals surface area contributed by atoms with Crippen LogP contribution in [0.15, 0.2) is 0 Å². The Morgan fingerprint density at radius 1 is 0.500 bits per heavy atom. The maximum Gasteiger partial charge on any atom is 0.306 e. The fourth-order valence-electron chi connectivity index (χ4n) is 4.68. The van der Waals surface area contributed by atoms with Gasteiger partial charge >= 0.3 is 11.9 Å². The fourth-order valence-corrected chi connectivity index (χ4v) is 4.68. The first kappa shape index (κ1) is 23.6. The molecule has 0 amide bonds. The van der Waals surface area contributed by atoms with E-state index in [-0.39, 0.29) is 24.1 Å². The Kier molecular flexibility index (Phi) is 10.5. The summed E-state index contributed by atoms with van der Waals surface area (Å²) < 4.78 is 11.3. The van der Waals surface area contributed by atoms with Gasteiger partial charge in [-0.3, -0.25) is 9.59 Å². The molecule has 0 atom stereocenters. The number of hydrogen-bond donors (Lipinski definition) is 0. The molecule has 0 spiro atoms. The summed E-state index contributed by atoms with van der Waals surface area (Å²) in [6.07, 6.45) is 22.3. The van der Waals surface area contributed by atoms with Gasteiger partial charge in [0.2, 0.25) is 0 Å². The van der Waals surface area contributed by atoms with Gasteiger partial charge in [0.25, 0.3) is 0 Å². The van der Waals surface area contributed by atoms with E-state index in [1.54, 1.807) is 0 Å². The highest BCUT2D eigenvalue weighted by atomic mass is 16.6. The van der Waals surface area contributed by atoms with Crippen LogP contribution in [0.2, 0.25) is 0 Å². The number of carbonyl (C=O) groups excluding carboxylic acids is 2. The smallest absolute Gasteiger partial charge is 0.306 e. The number of esters is 2. The summed E-state index contributed by atoms with van der Waals surface area (Å²) in [7, 11) is 0. The summed E-state index contributed by atoms with van der Waals surface area (Å²) in [4.78, 5) is 24.1. The zero-order chi connectivity index (χ0) is 21.0. The van der Waals surface area contributed by atoms with Crippen molar-refractivity contribution < 1.29 is 19.1 Å². The van der Waals surface area contributed by atoms with Crippen molar-refractivity contribution in [2.45, 2.75) is 141 Å². The van der Waals surface area contributed by atoms with Crippen molar-refractivity contribution >= 4 is 11.9 Å². The molecule has 4 heteroatoms. The molecule has 3 rings (SSSR count). The zero-order valence-corrected chi connectivity index (χ0v) is 19.1. The van der Waals surface area contributed by atoms with Crippen LogP contribution in [0.3, 0.4) is 0 Å². The van der Waals surface area contributed by atoms with Crippen molar-refractivity contribution in [1.29, 1.82) is 0 Å². The molecule has 3 aliphatic rings. The number of hydrogen-bond acceptors (Lipinski definition) is 4. The van der Waals surface area contributed by atoms with Crippen molar-refractivity contribution in [2.24, 2.45) is 11.8 Å². The average Bonchev–Trinajstić information content (AvgIpc) is 3.64. The molecule has 4 nitrogen and oxygen atoms in total. The molecule has 3 fully saturated rings. The van der Waals surface area contributed by atoms with Gasteiger partial charge in [0.15, 0.2) is 0 Å². The molecule has 0 aromatic rings. The van der Waals surface area contributed by atoms with E-state index < -0.39 is 0 Å². The Balaban J connectivity index is 1.12. The van der Waals surface area contributed by atoms with Gasteiger partial charge < -0.3 is 9.47 Å². The van der Waals surface area contributed by atoms with Crippen LogP contribution in [-0.4, -0.2) is 24.1 Å². The Morgan fingerprint density at radius 3 is 1.23 bits per heavy atom. The average molecular weight is 421 g/mol. The lowest BCUT2D eigenvalue weighted by atomic mass is 9.95. The van der Waals surface area contributed by atoms with Gasteiger partial charge in [0.05, 0.1) is 0 Å². The number of ether oxygens (including phenoxy) is 2. The van der Waals surface area contributed by atoms with Gasteiger partial charge in [0.1, 0.15) is 12.2 Å². The summed E-state index contributed by atoms with van der Waals surface area (Å²) >= 11 is 0. The molecule has 0 N–H and O–H groups in total. The fraction of sp³-hybridized carbons (Fsp3) is 0.923. The second-order valence-electron chi connectivity index (χ2n) is 10.2. The standard InChI is InChI=1S/C26H44O4/c27-25(11-7-3-1-5-9-21-13-14-21)29-23-17-19-24(20-18-23)30-26(28)12-8-4-2-6-10-22-15-16-22/h21-24H,1-20H2. The highest BCUT2D eigenvalue weighted by Gasteiger charge is 2.26. The largest absolute Gasteiger partial charge is 0.462 e. The van der Waals surface area contributed by atoms with E-state index in [1.165, 1.54) is 64.2 Å². The first-order chi connectivity index (χ1) is 14.7. The van der Waals surface area contributed by atoms with E-state index in [4.69, 9.17) is 9.47 Å². The highest BCUT2D eigenvalue weighted by molar-refractivity contribution is 5.70. The van der Waals surface area contributed by atoms with Crippen LogP contribution in [0.4, 0.5) is 0 Å². The second kappa shape index (κ2) is 13.4. The normalized spacial score (nSPS) is 23.9. The number of unbranched alkanes of at least 4 members (excludes halogenated alkanes) is 6. The SMILES string of the molecule is O=C(CCCCCCC1CC1)OC1CCC(OC(=O)CCCCCCC2CC2)CC1. The van der Waals surface area contributed by atoms with E-state index in [0.717, 1.165) is 63.2 Å². The zero-order valence-electron chi connectivity index (χ0n) is 19.1. The van der Waals surface area contributed by atoms with Crippen molar-refractivity contribution in [3.05, 3.63) is 0 Å². The van der Waals surface area contributed by atoms with Crippen LogP contribution in [0, 0.1) is 11.8 Å². The van der Waals surface area contributed by atoms with Crippen molar-refractivity contribution in [2.75, 3.05) is 0 Å². The minimum Gasteiger partial charge on any atom is -0.462 e. The molecule has 0 aromatic heterocycles. The molecule has 172 valence electrons. The Morgan fingerprint density at radius 2 is 0.867 bits per heavy atom. The highest BCUT2D eigenvalue weighted by Crippen LogP contribution is 2.34. The molecule has 0 aromatic carbocycles. The van der Waals surface area contributed by atoms with Crippen LogP contribution >= 0.6 is 0 Å². The molecule has 0 heterocycles. The minimum absolute atomic E-state index is 0.0220. The Bertz CT molecular complexity index is 455. The van der Waals surface area contributed by atoms with Gasteiger partial charge in [-0.1, -0.05) is 77.0 Å². The Labute approximate surface area is 183 Å². The third kappa shape index (κ3) is 10.8. The van der Waals surface area contributed by atoms with Crippen molar-refractivity contribution in [3.8, 4) is 0 Å². The molecular weight excluding hydrogens is 376 g/mol. The molecule has 3 aliphatic carbocycles. The van der Waals surface area contributed by atoms with Gasteiger partial charge in [-0.05, 0) is 50.4 Å². The van der Waals surface area contributed by atoms with Gasteiger partial charge in [-0.25, -0.2) is 0 Å². The van der Waals surface area contributed by atoms with Gasteiger partial charge in [0, 0.05) is 12.8 Å². The molecule has 0 aliphatic heterocycles. The predicted molar refractivity (Wildman–Crippen MR) is 119 cm³/mol. The number of carbonyl (C=O) groups is 2. The lowest BCUT2D eigenvalue weighted by molar-refractivity contribution is -0.158. The van der Waals surface area contributed by atoms with Crippen LogP contribution < -0.4 is 0 Å². The monoisotopic (exact) mass is 420 g/mol. The van der Waals surface area contributed by atoms with Crippen LogP contribution in [0.25, 0.3) is 0 Å².